The molecule has 0 aliphatic heterocycles. The minimum Gasteiger partial charge on any atom is -0.389 e. The summed E-state index contributed by atoms with van der Waals surface area (Å²) >= 11 is 8.65. The van der Waals surface area contributed by atoms with Gasteiger partial charge in [0.15, 0.2) is 0 Å². The van der Waals surface area contributed by atoms with E-state index >= 15 is 0 Å². The van der Waals surface area contributed by atoms with Gasteiger partial charge in [-0.1, -0.05) is 18.3 Å². The highest BCUT2D eigenvalue weighted by molar-refractivity contribution is 9.10. The lowest BCUT2D eigenvalue weighted by Gasteiger charge is -2.47. The molecule has 0 heterocycles. The molecular formula is C14H20BrN3S. The molecule has 3 N–H and O–H groups in total. The second-order valence-corrected chi connectivity index (χ2v) is 6.65. The van der Waals surface area contributed by atoms with Crippen LogP contribution >= 0.6 is 28.1 Å². The SMILES string of the molecule is CN(C)C1(CNc2cccc(Br)c2C(N)=S)CCC1. The number of likely N-dealkylation sites (N-methyl/N-ethyl adjacent to an activating group) is 1. The molecule has 1 aromatic carbocycles. The van der Waals surface area contributed by atoms with E-state index in [2.05, 4.69) is 40.2 Å². The number of nitrogens with two attached hydrogens (primary N) is 1. The molecule has 5 heteroatoms. The number of anilines is 1. The number of benzene rings is 1. The molecule has 0 atom stereocenters. The Labute approximate surface area is 128 Å². The summed E-state index contributed by atoms with van der Waals surface area (Å²) in [5, 5.41) is 3.52. The van der Waals surface area contributed by atoms with Crippen LogP contribution in [0, 0.1) is 0 Å². The van der Waals surface area contributed by atoms with E-state index < -0.39 is 0 Å². The largest absolute Gasteiger partial charge is 0.389 e. The van der Waals surface area contributed by atoms with Crippen LogP contribution in [0.2, 0.25) is 0 Å². The summed E-state index contributed by atoms with van der Waals surface area (Å²) in [7, 11) is 4.30. The van der Waals surface area contributed by atoms with E-state index in [1.165, 1.54) is 19.3 Å². The second kappa shape index (κ2) is 5.77. The predicted molar refractivity (Wildman–Crippen MR) is 88.8 cm³/mol. The van der Waals surface area contributed by atoms with Crippen molar-refractivity contribution in [3.8, 4) is 0 Å². The molecule has 0 aromatic heterocycles. The molecule has 0 unspecified atom stereocenters. The second-order valence-electron chi connectivity index (χ2n) is 5.35. The summed E-state index contributed by atoms with van der Waals surface area (Å²) in [6.45, 7) is 0.923. The number of rotatable bonds is 5. The minimum atomic E-state index is 0.274. The monoisotopic (exact) mass is 341 g/mol. The third-order valence-electron chi connectivity index (χ3n) is 4.10. The maximum Gasteiger partial charge on any atom is 0.107 e. The van der Waals surface area contributed by atoms with Crippen LogP contribution in [-0.4, -0.2) is 36.1 Å². The molecule has 1 fully saturated rings. The van der Waals surface area contributed by atoms with Crippen molar-refractivity contribution in [1.29, 1.82) is 0 Å². The van der Waals surface area contributed by atoms with Crippen molar-refractivity contribution in [2.45, 2.75) is 24.8 Å². The van der Waals surface area contributed by atoms with Crippen molar-refractivity contribution in [3.63, 3.8) is 0 Å². The van der Waals surface area contributed by atoms with Gasteiger partial charge in [-0.15, -0.1) is 0 Å². The topological polar surface area (TPSA) is 41.3 Å². The van der Waals surface area contributed by atoms with Crippen molar-refractivity contribution < 1.29 is 0 Å². The zero-order valence-electron chi connectivity index (χ0n) is 11.4. The van der Waals surface area contributed by atoms with Gasteiger partial charge in [0.2, 0.25) is 0 Å². The fraction of sp³-hybridized carbons (Fsp3) is 0.500. The maximum absolute atomic E-state index is 5.81. The van der Waals surface area contributed by atoms with Crippen LogP contribution in [0.25, 0.3) is 0 Å². The number of nitrogens with one attached hydrogen (secondary N) is 1. The van der Waals surface area contributed by atoms with Crippen LogP contribution in [-0.2, 0) is 0 Å². The first-order valence-corrected chi connectivity index (χ1v) is 7.66. The third-order valence-corrected chi connectivity index (χ3v) is 4.97. The Kier molecular flexibility index (Phi) is 4.48. The Bertz CT molecular complexity index is 484. The number of hydrogen-bond acceptors (Lipinski definition) is 3. The lowest BCUT2D eigenvalue weighted by molar-refractivity contribution is 0.0739. The molecule has 1 saturated carbocycles. The first-order valence-electron chi connectivity index (χ1n) is 6.46. The zero-order chi connectivity index (χ0) is 14.0. The first-order chi connectivity index (χ1) is 8.96. The number of halogens is 1. The van der Waals surface area contributed by atoms with Crippen molar-refractivity contribution >= 4 is 38.8 Å². The van der Waals surface area contributed by atoms with Crippen LogP contribution in [0.15, 0.2) is 22.7 Å². The fourth-order valence-corrected chi connectivity index (χ4v) is 3.48. The molecule has 0 saturated heterocycles. The molecule has 2 rings (SSSR count). The Morgan fingerprint density at radius 3 is 2.63 bits per heavy atom. The van der Waals surface area contributed by atoms with Crippen LogP contribution in [0.3, 0.4) is 0 Å². The average Bonchev–Trinajstić information content (AvgIpc) is 2.26. The number of thiocarbonyl (C=S) groups is 1. The summed E-state index contributed by atoms with van der Waals surface area (Å²) < 4.78 is 0.942. The number of nitrogens with zero attached hydrogens (tertiary/aromatic N) is 1. The molecule has 104 valence electrons. The van der Waals surface area contributed by atoms with E-state index in [9.17, 15) is 0 Å². The Balaban J connectivity index is 2.16. The highest BCUT2D eigenvalue weighted by Gasteiger charge is 2.38. The van der Waals surface area contributed by atoms with E-state index in [-0.39, 0.29) is 5.54 Å². The zero-order valence-corrected chi connectivity index (χ0v) is 13.8. The third kappa shape index (κ3) is 2.93. The van der Waals surface area contributed by atoms with Crippen molar-refractivity contribution in [3.05, 3.63) is 28.2 Å². The molecule has 0 bridgehead atoms. The van der Waals surface area contributed by atoms with Crippen LogP contribution in [0.4, 0.5) is 5.69 Å². The van der Waals surface area contributed by atoms with Gasteiger partial charge in [0.1, 0.15) is 4.99 Å². The van der Waals surface area contributed by atoms with Crippen LogP contribution in [0.5, 0.6) is 0 Å². The standard InChI is InChI=1S/C14H20BrN3S/c1-18(2)14(7-4-8-14)9-17-11-6-3-5-10(15)12(11)13(16)19/h3,5-6,17H,4,7-9H2,1-2H3,(H2,16,19). The van der Waals surface area contributed by atoms with Gasteiger partial charge >= 0.3 is 0 Å². The molecule has 3 nitrogen and oxygen atoms in total. The van der Waals surface area contributed by atoms with Gasteiger partial charge in [0.25, 0.3) is 0 Å². The van der Waals surface area contributed by atoms with E-state index in [1.807, 2.05) is 18.2 Å². The van der Waals surface area contributed by atoms with Gasteiger partial charge in [0, 0.05) is 27.8 Å². The highest BCUT2D eigenvalue weighted by Crippen LogP contribution is 2.36. The Hall–Kier alpha value is -0.650. The summed E-state index contributed by atoms with van der Waals surface area (Å²) in [4.78, 5) is 2.74. The smallest absolute Gasteiger partial charge is 0.107 e. The minimum absolute atomic E-state index is 0.274. The van der Waals surface area contributed by atoms with Gasteiger partial charge in [0.05, 0.1) is 0 Å². The van der Waals surface area contributed by atoms with Gasteiger partial charge in [-0.25, -0.2) is 0 Å². The lowest BCUT2D eigenvalue weighted by atomic mass is 9.75. The van der Waals surface area contributed by atoms with Crippen LogP contribution in [0.1, 0.15) is 24.8 Å². The average molecular weight is 342 g/mol. The van der Waals surface area contributed by atoms with E-state index in [4.69, 9.17) is 18.0 Å². The molecule has 0 amide bonds. The molecule has 0 radical (unpaired) electrons. The molecule has 1 aliphatic carbocycles. The van der Waals surface area contributed by atoms with Gasteiger partial charge in [-0.3, -0.25) is 0 Å². The summed E-state index contributed by atoms with van der Waals surface area (Å²) in [6, 6.07) is 5.99. The Morgan fingerprint density at radius 2 is 2.16 bits per heavy atom. The summed E-state index contributed by atoms with van der Waals surface area (Å²) in [6.07, 6.45) is 3.79. The molecular weight excluding hydrogens is 322 g/mol. The Morgan fingerprint density at radius 1 is 1.47 bits per heavy atom. The quantitative estimate of drug-likeness (QED) is 0.808. The van der Waals surface area contributed by atoms with Crippen molar-refractivity contribution in [1.82, 2.24) is 4.90 Å². The normalized spacial score (nSPS) is 17.1. The van der Waals surface area contributed by atoms with Crippen LogP contribution < -0.4 is 11.1 Å². The molecule has 1 aliphatic rings. The predicted octanol–water partition coefficient (Wildman–Crippen LogP) is 2.98. The molecule has 1 aromatic rings. The maximum atomic E-state index is 5.81. The van der Waals surface area contributed by atoms with Gasteiger partial charge < -0.3 is 16.0 Å². The van der Waals surface area contributed by atoms with Crippen molar-refractivity contribution in [2.24, 2.45) is 5.73 Å². The summed E-state index contributed by atoms with van der Waals surface area (Å²) in [5.41, 5.74) is 7.99. The summed E-state index contributed by atoms with van der Waals surface area (Å²) in [5.74, 6) is 0. The molecule has 19 heavy (non-hydrogen) atoms. The van der Waals surface area contributed by atoms with Crippen molar-refractivity contribution in [2.75, 3.05) is 26.0 Å². The first kappa shape index (κ1) is 14.8. The fourth-order valence-electron chi connectivity index (χ4n) is 2.55. The van der Waals surface area contributed by atoms with E-state index in [0.717, 1.165) is 22.3 Å². The van der Waals surface area contributed by atoms with Gasteiger partial charge in [-0.2, -0.15) is 0 Å². The molecule has 0 spiro atoms. The lowest BCUT2D eigenvalue weighted by Crippen LogP contribution is -2.54. The van der Waals surface area contributed by atoms with E-state index in [0.29, 0.717) is 4.99 Å². The van der Waals surface area contributed by atoms with Gasteiger partial charge in [-0.05, 0) is 61.4 Å². The number of hydrogen-bond donors (Lipinski definition) is 2. The highest BCUT2D eigenvalue weighted by atomic mass is 79.9. The van der Waals surface area contributed by atoms with E-state index in [1.54, 1.807) is 0 Å².